The first-order valence-corrected chi connectivity index (χ1v) is 8.98. The molecule has 0 heterocycles. The zero-order valence-electron chi connectivity index (χ0n) is 16.4. The summed E-state index contributed by atoms with van der Waals surface area (Å²) in [5.74, 6) is -1.21. The maximum absolute atomic E-state index is 12.2. The second-order valence-corrected chi connectivity index (χ2v) is 6.13. The molecular formula is C20H21N3O7. The molecule has 0 radical (unpaired) electrons. The number of non-ortho nitro benzene ring substituents is 1. The van der Waals surface area contributed by atoms with Crippen molar-refractivity contribution in [2.75, 3.05) is 19.0 Å². The normalized spacial score (nSPS) is 11.1. The van der Waals surface area contributed by atoms with E-state index in [0.29, 0.717) is 11.4 Å². The van der Waals surface area contributed by atoms with Crippen molar-refractivity contribution in [1.82, 2.24) is 5.32 Å². The minimum Gasteiger partial charge on any atom is -0.495 e. The molecule has 2 rings (SSSR count). The highest BCUT2D eigenvalue weighted by atomic mass is 16.6. The summed E-state index contributed by atoms with van der Waals surface area (Å²) < 4.78 is 10.2. The van der Waals surface area contributed by atoms with Crippen LogP contribution in [0.3, 0.4) is 0 Å². The fourth-order valence-corrected chi connectivity index (χ4v) is 2.41. The van der Waals surface area contributed by atoms with E-state index in [1.54, 1.807) is 24.3 Å². The number of amides is 2. The Morgan fingerprint density at radius 2 is 1.77 bits per heavy atom. The van der Waals surface area contributed by atoms with E-state index in [2.05, 4.69) is 10.6 Å². The van der Waals surface area contributed by atoms with Crippen molar-refractivity contribution in [3.63, 3.8) is 0 Å². The van der Waals surface area contributed by atoms with Crippen molar-refractivity contribution in [3.05, 3.63) is 64.2 Å². The highest BCUT2D eigenvalue weighted by molar-refractivity contribution is 5.96. The molecule has 2 amide bonds. The van der Waals surface area contributed by atoms with Crippen molar-refractivity contribution < 1.29 is 28.8 Å². The van der Waals surface area contributed by atoms with Crippen LogP contribution in [0.25, 0.3) is 0 Å². The molecule has 2 aromatic carbocycles. The van der Waals surface area contributed by atoms with Crippen molar-refractivity contribution >= 4 is 29.2 Å². The molecule has 2 aromatic rings. The lowest BCUT2D eigenvalue weighted by atomic mass is 10.2. The van der Waals surface area contributed by atoms with Crippen LogP contribution < -0.4 is 15.4 Å². The van der Waals surface area contributed by atoms with Crippen LogP contribution in [0.2, 0.25) is 0 Å². The zero-order valence-corrected chi connectivity index (χ0v) is 16.4. The molecule has 0 saturated heterocycles. The molecule has 0 spiro atoms. The van der Waals surface area contributed by atoms with Gasteiger partial charge in [-0.2, -0.15) is 0 Å². The van der Waals surface area contributed by atoms with Gasteiger partial charge in [0.25, 0.3) is 17.5 Å². The van der Waals surface area contributed by atoms with Crippen LogP contribution in [0.4, 0.5) is 11.4 Å². The Labute approximate surface area is 172 Å². The predicted molar refractivity (Wildman–Crippen MR) is 107 cm³/mol. The first-order valence-electron chi connectivity index (χ1n) is 8.98. The number of nitrogens with one attached hydrogen (secondary N) is 2. The number of hydrogen-bond acceptors (Lipinski definition) is 7. The number of rotatable bonds is 9. The molecule has 10 heteroatoms. The molecule has 2 N–H and O–H groups in total. The Bertz CT molecular complexity index is 928. The van der Waals surface area contributed by atoms with Crippen LogP contribution in [-0.2, 0) is 14.3 Å². The third kappa shape index (κ3) is 6.30. The third-order valence-corrected chi connectivity index (χ3v) is 4.00. The molecule has 0 aliphatic heterocycles. The molecule has 0 aromatic heterocycles. The lowest BCUT2D eigenvalue weighted by Crippen LogP contribution is -2.32. The molecule has 0 bridgehead atoms. The number of nitrogens with zero attached hydrogens (tertiary/aromatic N) is 1. The Balaban J connectivity index is 1.77. The molecule has 10 nitrogen and oxygen atoms in total. The standard InChI is InChI=1S/C20H21N3O7/c1-13(19(25)22-16-5-3-4-6-17(16)29-2)30-18(24)11-12-21-20(26)14-7-9-15(10-8-14)23(27)28/h3-10,13H,11-12H2,1-2H3,(H,21,26)(H,22,25)/t13-/m0/s1. The average Bonchev–Trinajstić information content (AvgIpc) is 2.73. The molecule has 0 aliphatic carbocycles. The van der Waals surface area contributed by atoms with E-state index in [4.69, 9.17) is 9.47 Å². The van der Waals surface area contributed by atoms with Gasteiger partial charge in [-0.25, -0.2) is 0 Å². The van der Waals surface area contributed by atoms with Gasteiger partial charge >= 0.3 is 5.97 Å². The second-order valence-electron chi connectivity index (χ2n) is 6.13. The number of ether oxygens (including phenoxy) is 2. The first kappa shape index (κ1) is 22.3. The van der Waals surface area contributed by atoms with Gasteiger partial charge in [0.1, 0.15) is 5.75 Å². The summed E-state index contributed by atoms with van der Waals surface area (Å²) in [7, 11) is 1.47. The lowest BCUT2D eigenvalue weighted by Gasteiger charge is -2.15. The number of anilines is 1. The van der Waals surface area contributed by atoms with Gasteiger partial charge in [0, 0.05) is 24.2 Å². The van der Waals surface area contributed by atoms with Gasteiger partial charge in [-0.3, -0.25) is 24.5 Å². The summed E-state index contributed by atoms with van der Waals surface area (Å²) in [4.78, 5) is 46.2. The van der Waals surface area contributed by atoms with E-state index in [1.807, 2.05) is 0 Å². The Morgan fingerprint density at radius 1 is 1.10 bits per heavy atom. The molecule has 0 unspecified atom stereocenters. The van der Waals surface area contributed by atoms with Crippen LogP contribution in [-0.4, -0.2) is 42.5 Å². The minimum atomic E-state index is -1.05. The number of nitro groups is 1. The Hall–Kier alpha value is -3.95. The summed E-state index contributed by atoms with van der Waals surface area (Å²) in [5, 5.41) is 15.7. The molecule has 0 fully saturated rings. The Kier molecular flexibility index (Phi) is 7.86. The topological polar surface area (TPSA) is 137 Å². The number of nitro benzene ring substituents is 1. The maximum Gasteiger partial charge on any atom is 0.308 e. The number of carbonyl (C=O) groups excluding carboxylic acids is 3. The largest absolute Gasteiger partial charge is 0.495 e. The van der Waals surface area contributed by atoms with Gasteiger partial charge in [-0.1, -0.05) is 12.1 Å². The van der Waals surface area contributed by atoms with Crippen LogP contribution in [0.1, 0.15) is 23.7 Å². The highest BCUT2D eigenvalue weighted by Crippen LogP contribution is 2.23. The summed E-state index contributed by atoms with van der Waals surface area (Å²) in [6.07, 6.45) is -1.20. The smallest absolute Gasteiger partial charge is 0.308 e. The van der Waals surface area contributed by atoms with E-state index < -0.39 is 28.8 Å². The number of carbonyl (C=O) groups is 3. The van der Waals surface area contributed by atoms with Gasteiger partial charge in [-0.05, 0) is 31.2 Å². The van der Waals surface area contributed by atoms with Crippen molar-refractivity contribution in [2.45, 2.75) is 19.4 Å². The van der Waals surface area contributed by atoms with Crippen LogP contribution in [0.15, 0.2) is 48.5 Å². The number of methoxy groups -OCH3 is 1. The molecular weight excluding hydrogens is 394 g/mol. The summed E-state index contributed by atoms with van der Waals surface area (Å²) >= 11 is 0. The minimum absolute atomic E-state index is 0.0184. The number of benzene rings is 2. The average molecular weight is 415 g/mol. The van der Waals surface area contributed by atoms with E-state index in [0.717, 1.165) is 0 Å². The SMILES string of the molecule is COc1ccccc1NC(=O)[C@H](C)OC(=O)CCNC(=O)c1ccc([N+](=O)[O-])cc1. The van der Waals surface area contributed by atoms with Gasteiger partial charge in [-0.15, -0.1) is 0 Å². The van der Waals surface area contributed by atoms with Crippen molar-refractivity contribution in [3.8, 4) is 5.75 Å². The van der Waals surface area contributed by atoms with Crippen molar-refractivity contribution in [2.24, 2.45) is 0 Å². The van der Waals surface area contributed by atoms with E-state index >= 15 is 0 Å². The molecule has 0 saturated carbocycles. The monoisotopic (exact) mass is 415 g/mol. The van der Waals surface area contributed by atoms with E-state index in [1.165, 1.54) is 38.3 Å². The van der Waals surface area contributed by atoms with Crippen LogP contribution in [0, 0.1) is 10.1 Å². The van der Waals surface area contributed by atoms with Crippen LogP contribution >= 0.6 is 0 Å². The molecule has 158 valence electrons. The molecule has 0 aliphatic rings. The summed E-state index contributed by atoms with van der Waals surface area (Å²) in [5.41, 5.74) is 0.539. The van der Waals surface area contributed by atoms with E-state index in [-0.39, 0.29) is 24.2 Å². The van der Waals surface area contributed by atoms with Gasteiger partial charge in [0.2, 0.25) is 0 Å². The van der Waals surface area contributed by atoms with Gasteiger partial charge in [0.15, 0.2) is 6.10 Å². The fraction of sp³-hybridized carbons (Fsp3) is 0.250. The van der Waals surface area contributed by atoms with Crippen LogP contribution in [0.5, 0.6) is 5.75 Å². The number of para-hydroxylation sites is 2. The zero-order chi connectivity index (χ0) is 22.1. The van der Waals surface area contributed by atoms with Crippen molar-refractivity contribution in [1.29, 1.82) is 0 Å². The predicted octanol–water partition coefficient (Wildman–Crippen LogP) is 2.29. The summed E-state index contributed by atoms with van der Waals surface area (Å²) in [6, 6.07) is 11.9. The molecule has 1 atom stereocenters. The third-order valence-electron chi connectivity index (χ3n) is 4.00. The lowest BCUT2D eigenvalue weighted by molar-refractivity contribution is -0.384. The Morgan fingerprint density at radius 3 is 2.40 bits per heavy atom. The first-order chi connectivity index (χ1) is 14.3. The quantitative estimate of drug-likeness (QED) is 0.364. The molecule has 30 heavy (non-hydrogen) atoms. The second kappa shape index (κ2) is 10.6. The van der Waals surface area contributed by atoms with Gasteiger partial charge < -0.3 is 20.1 Å². The fourth-order valence-electron chi connectivity index (χ4n) is 2.41. The summed E-state index contributed by atoms with van der Waals surface area (Å²) in [6.45, 7) is 1.41. The number of hydrogen-bond donors (Lipinski definition) is 2. The number of esters is 1. The van der Waals surface area contributed by atoms with E-state index in [9.17, 15) is 24.5 Å². The maximum atomic E-state index is 12.2. The highest BCUT2D eigenvalue weighted by Gasteiger charge is 2.19. The van der Waals surface area contributed by atoms with Gasteiger partial charge in [0.05, 0.1) is 24.1 Å².